The average Bonchev–Trinajstić information content (AvgIpc) is 2.71. The number of carbonyl (C=O) groups excluding carboxylic acids is 2. The molecule has 0 bridgehead atoms. The molecule has 0 heterocycles. The van der Waals surface area contributed by atoms with Crippen molar-refractivity contribution in [2.75, 3.05) is 37.9 Å². The van der Waals surface area contributed by atoms with E-state index in [0.717, 1.165) is 0 Å². The predicted molar refractivity (Wildman–Crippen MR) is 120 cm³/mol. The molecule has 0 atom stereocenters. The van der Waals surface area contributed by atoms with Crippen LogP contribution in [0.25, 0.3) is 0 Å². The second kappa shape index (κ2) is 10.9. The number of hydrogen-bond acceptors (Lipinski definition) is 5. The fourth-order valence-electron chi connectivity index (χ4n) is 2.54. The molecule has 0 saturated carbocycles. The Hall–Kier alpha value is -2.64. The van der Waals surface area contributed by atoms with Crippen molar-refractivity contribution in [1.82, 2.24) is 5.32 Å². The summed E-state index contributed by atoms with van der Waals surface area (Å²) >= 11 is 12.3. The highest BCUT2D eigenvalue weighted by molar-refractivity contribution is 6.34. The zero-order valence-electron chi connectivity index (χ0n) is 17.3. The highest BCUT2D eigenvalue weighted by Crippen LogP contribution is 2.35. The first kappa shape index (κ1) is 23.6. The maximum absolute atomic E-state index is 12.3. The molecule has 162 valence electrons. The van der Waals surface area contributed by atoms with Gasteiger partial charge in [0, 0.05) is 24.4 Å². The van der Waals surface area contributed by atoms with Crippen molar-refractivity contribution in [1.29, 1.82) is 0 Å². The van der Waals surface area contributed by atoms with Crippen molar-refractivity contribution < 1.29 is 19.1 Å². The predicted octanol–water partition coefficient (Wildman–Crippen LogP) is 4.45. The van der Waals surface area contributed by atoms with E-state index in [1.165, 1.54) is 14.2 Å². The summed E-state index contributed by atoms with van der Waals surface area (Å²) in [6.45, 7) is 4.56. The minimum atomic E-state index is -0.312. The van der Waals surface area contributed by atoms with Gasteiger partial charge in [-0.15, -0.1) is 0 Å². The maximum Gasteiger partial charge on any atom is 0.252 e. The van der Waals surface area contributed by atoms with E-state index in [0.29, 0.717) is 50.9 Å². The van der Waals surface area contributed by atoms with Crippen LogP contribution in [-0.4, -0.2) is 39.1 Å². The summed E-state index contributed by atoms with van der Waals surface area (Å²) < 4.78 is 10.4. The van der Waals surface area contributed by atoms with Crippen molar-refractivity contribution in [2.45, 2.75) is 13.8 Å². The summed E-state index contributed by atoms with van der Waals surface area (Å²) in [5.74, 6) is 0.619. The molecule has 0 radical (unpaired) electrons. The summed E-state index contributed by atoms with van der Waals surface area (Å²) in [4.78, 5) is 24.5. The standard InChI is InChI=1S/C21H25Cl2N3O4/c1-12(2)10-25-21(28)14-6-5-13(7-15(14)22)24-11-20(27)26-17-9-18(29-3)16(23)8-19(17)30-4/h5-9,12,24H,10-11H2,1-4H3,(H,25,28)(H,26,27). The lowest BCUT2D eigenvalue weighted by Gasteiger charge is -2.14. The van der Waals surface area contributed by atoms with Crippen molar-refractivity contribution >= 4 is 46.4 Å². The number of nitrogens with one attached hydrogen (secondary N) is 3. The van der Waals surface area contributed by atoms with Crippen LogP contribution >= 0.6 is 23.2 Å². The van der Waals surface area contributed by atoms with Gasteiger partial charge in [-0.1, -0.05) is 37.0 Å². The summed E-state index contributed by atoms with van der Waals surface area (Å²) in [5, 5.41) is 9.21. The molecule has 9 heteroatoms. The van der Waals surface area contributed by atoms with Gasteiger partial charge in [0.1, 0.15) is 11.5 Å². The Kier molecular flexibility index (Phi) is 8.62. The van der Waals surface area contributed by atoms with Gasteiger partial charge >= 0.3 is 0 Å². The monoisotopic (exact) mass is 453 g/mol. The highest BCUT2D eigenvalue weighted by Gasteiger charge is 2.14. The van der Waals surface area contributed by atoms with Gasteiger partial charge in [-0.05, 0) is 24.1 Å². The first-order chi connectivity index (χ1) is 14.2. The van der Waals surface area contributed by atoms with Crippen molar-refractivity contribution in [3.63, 3.8) is 0 Å². The minimum absolute atomic E-state index is 0.0245. The van der Waals surface area contributed by atoms with E-state index in [-0.39, 0.29) is 18.4 Å². The van der Waals surface area contributed by atoms with Crippen LogP contribution in [0.2, 0.25) is 10.0 Å². The van der Waals surface area contributed by atoms with E-state index in [9.17, 15) is 9.59 Å². The quantitative estimate of drug-likeness (QED) is 0.521. The Morgan fingerprint density at radius 1 is 1.00 bits per heavy atom. The molecule has 30 heavy (non-hydrogen) atoms. The van der Waals surface area contributed by atoms with Crippen LogP contribution in [0.15, 0.2) is 30.3 Å². The van der Waals surface area contributed by atoms with E-state index in [4.69, 9.17) is 32.7 Å². The molecule has 2 rings (SSSR count). The normalized spacial score (nSPS) is 10.5. The van der Waals surface area contributed by atoms with E-state index in [2.05, 4.69) is 16.0 Å². The largest absolute Gasteiger partial charge is 0.495 e. The van der Waals surface area contributed by atoms with Crippen LogP contribution in [0.3, 0.4) is 0 Å². The second-order valence-electron chi connectivity index (χ2n) is 6.89. The zero-order valence-corrected chi connectivity index (χ0v) is 18.8. The second-order valence-corrected chi connectivity index (χ2v) is 7.70. The van der Waals surface area contributed by atoms with Crippen molar-refractivity contribution in [2.24, 2.45) is 5.92 Å². The molecule has 0 aliphatic heterocycles. The summed E-state index contributed by atoms with van der Waals surface area (Å²) in [5.41, 5.74) is 1.42. The molecule has 2 aromatic carbocycles. The number of methoxy groups -OCH3 is 2. The van der Waals surface area contributed by atoms with Gasteiger partial charge in [0.25, 0.3) is 5.91 Å². The number of carbonyl (C=O) groups is 2. The molecular formula is C21H25Cl2N3O4. The fourth-order valence-corrected chi connectivity index (χ4v) is 3.03. The molecule has 0 fully saturated rings. The smallest absolute Gasteiger partial charge is 0.252 e. The summed E-state index contributed by atoms with van der Waals surface area (Å²) in [6, 6.07) is 8.05. The van der Waals surface area contributed by atoms with Crippen LogP contribution in [0, 0.1) is 5.92 Å². The molecule has 0 saturated heterocycles. The third kappa shape index (κ3) is 6.43. The molecule has 3 N–H and O–H groups in total. The number of halogens is 2. The first-order valence-corrected chi connectivity index (χ1v) is 10.0. The van der Waals surface area contributed by atoms with Gasteiger partial charge in [0.2, 0.25) is 5.91 Å². The first-order valence-electron chi connectivity index (χ1n) is 9.28. The molecule has 0 aliphatic rings. The summed E-state index contributed by atoms with van der Waals surface area (Å²) in [7, 11) is 2.96. The van der Waals surface area contributed by atoms with E-state index in [1.54, 1.807) is 30.3 Å². The maximum atomic E-state index is 12.3. The molecule has 2 aromatic rings. The fraction of sp³-hybridized carbons (Fsp3) is 0.333. The topological polar surface area (TPSA) is 88.7 Å². The number of benzene rings is 2. The zero-order chi connectivity index (χ0) is 22.3. The minimum Gasteiger partial charge on any atom is -0.495 e. The Bertz CT molecular complexity index is 919. The Balaban J connectivity index is 2.00. The number of hydrogen-bond donors (Lipinski definition) is 3. The van der Waals surface area contributed by atoms with Gasteiger partial charge in [0.05, 0.1) is 42.1 Å². The van der Waals surface area contributed by atoms with Crippen molar-refractivity contribution in [3.05, 3.63) is 45.9 Å². The van der Waals surface area contributed by atoms with Gasteiger partial charge in [-0.2, -0.15) is 0 Å². The molecule has 0 unspecified atom stereocenters. The summed E-state index contributed by atoms with van der Waals surface area (Å²) in [6.07, 6.45) is 0. The Morgan fingerprint density at radius 2 is 1.70 bits per heavy atom. The average molecular weight is 454 g/mol. The van der Waals surface area contributed by atoms with Gasteiger partial charge in [0.15, 0.2) is 0 Å². The molecule has 0 aliphatic carbocycles. The number of amides is 2. The molecule has 7 nitrogen and oxygen atoms in total. The van der Waals surface area contributed by atoms with E-state index >= 15 is 0 Å². The Labute approximate surface area is 186 Å². The Morgan fingerprint density at radius 3 is 2.30 bits per heavy atom. The molecule has 2 amide bonds. The van der Waals surface area contributed by atoms with E-state index in [1.807, 2.05) is 13.8 Å². The lowest BCUT2D eigenvalue weighted by Crippen LogP contribution is -2.27. The highest BCUT2D eigenvalue weighted by atomic mass is 35.5. The molecular weight excluding hydrogens is 429 g/mol. The number of ether oxygens (including phenoxy) is 2. The third-order valence-corrected chi connectivity index (χ3v) is 4.69. The van der Waals surface area contributed by atoms with Gasteiger partial charge in [-0.25, -0.2) is 0 Å². The lowest BCUT2D eigenvalue weighted by atomic mass is 10.1. The molecule has 0 aromatic heterocycles. The van der Waals surface area contributed by atoms with Gasteiger partial charge in [-0.3, -0.25) is 9.59 Å². The van der Waals surface area contributed by atoms with Crippen molar-refractivity contribution in [3.8, 4) is 11.5 Å². The van der Waals surface area contributed by atoms with Crippen LogP contribution < -0.4 is 25.4 Å². The van der Waals surface area contributed by atoms with Crippen LogP contribution in [0.4, 0.5) is 11.4 Å². The van der Waals surface area contributed by atoms with Crippen LogP contribution in [-0.2, 0) is 4.79 Å². The SMILES string of the molecule is COc1cc(NC(=O)CNc2ccc(C(=O)NCC(C)C)c(Cl)c2)c(OC)cc1Cl. The van der Waals surface area contributed by atoms with Gasteiger partial charge < -0.3 is 25.4 Å². The lowest BCUT2D eigenvalue weighted by molar-refractivity contribution is -0.114. The van der Waals surface area contributed by atoms with Crippen LogP contribution in [0.5, 0.6) is 11.5 Å². The molecule has 0 spiro atoms. The van der Waals surface area contributed by atoms with E-state index < -0.39 is 0 Å². The number of rotatable bonds is 9. The van der Waals surface area contributed by atoms with Crippen LogP contribution in [0.1, 0.15) is 24.2 Å². The number of anilines is 2. The third-order valence-electron chi connectivity index (χ3n) is 4.09.